The number of carbonyl (C=O) groups is 2. The Kier molecular flexibility index (Phi) is 8.94. The summed E-state index contributed by atoms with van der Waals surface area (Å²) in [7, 11) is 0. The molecular formula is C24H31N5O2S. The van der Waals surface area contributed by atoms with Gasteiger partial charge in [0.2, 0.25) is 11.8 Å². The Morgan fingerprint density at radius 2 is 1.91 bits per heavy atom. The van der Waals surface area contributed by atoms with E-state index in [1.165, 1.54) is 16.3 Å². The molecular weight excluding hydrogens is 422 g/mol. The second-order valence-electron chi connectivity index (χ2n) is 7.95. The molecule has 1 fully saturated rings. The van der Waals surface area contributed by atoms with Gasteiger partial charge in [0.1, 0.15) is 0 Å². The molecule has 1 saturated heterocycles. The molecule has 1 heterocycles. The molecule has 0 aliphatic carbocycles. The molecule has 2 amide bonds. The number of benzene rings is 2. The average Bonchev–Trinajstić information content (AvgIpc) is 2.84. The van der Waals surface area contributed by atoms with Crippen LogP contribution in [0.15, 0.2) is 42.5 Å². The number of hydrogen-bond donors (Lipinski definition) is 3. The zero-order valence-electron chi connectivity index (χ0n) is 18.4. The maximum absolute atomic E-state index is 12.3. The third-order valence-electron chi connectivity index (χ3n) is 6.00. The van der Waals surface area contributed by atoms with E-state index < -0.39 is 0 Å². The Labute approximate surface area is 194 Å². The number of rotatable bonds is 9. The number of piperidine rings is 1. The van der Waals surface area contributed by atoms with Crippen molar-refractivity contribution in [1.29, 1.82) is 0 Å². The fraction of sp³-hybridized carbons (Fsp3) is 0.417. The Morgan fingerprint density at radius 3 is 2.62 bits per heavy atom. The fourth-order valence-corrected chi connectivity index (χ4v) is 4.79. The van der Waals surface area contributed by atoms with Crippen molar-refractivity contribution in [2.45, 2.75) is 31.8 Å². The molecule has 0 aromatic heterocycles. The standard InChI is InChI=1S/C24H31N5O2S/c1-3-13-26-23(30)16-27-24(31)17-29(32-25)20-11-14-28(15-12-20)18(2)21-10-6-8-19-7-4-5-9-22(19)21/h1,4-10,18,20H,11-17,25H2,2H3,(H,26,30)(H,27,31). The van der Waals surface area contributed by atoms with E-state index in [9.17, 15) is 9.59 Å². The van der Waals surface area contributed by atoms with Gasteiger partial charge in [0.05, 0.1) is 19.6 Å². The third-order valence-corrected chi connectivity index (χ3v) is 6.69. The summed E-state index contributed by atoms with van der Waals surface area (Å²) in [5.41, 5.74) is 1.34. The number of amides is 2. The molecule has 2 aromatic carbocycles. The number of likely N-dealkylation sites (tertiary alicyclic amines) is 1. The van der Waals surface area contributed by atoms with E-state index >= 15 is 0 Å². The van der Waals surface area contributed by atoms with E-state index in [2.05, 4.69) is 70.8 Å². The molecule has 1 aliphatic rings. The molecule has 0 bridgehead atoms. The maximum Gasteiger partial charge on any atom is 0.240 e. The lowest BCUT2D eigenvalue weighted by atomic mass is 9.96. The van der Waals surface area contributed by atoms with Crippen LogP contribution < -0.4 is 15.8 Å². The van der Waals surface area contributed by atoms with Crippen LogP contribution in [0.2, 0.25) is 0 Å². The summed E-state index contributed by atoms with van der Waals surface area (Å²) in [6, 6.07) is 15.5. The summed E-state index contributed by atoms with van der Waals surface area (Å²) in [5, 5.41) is 13.6. The quantitative estimate of drug-likeness (QED) is 0.398. The number of nitrogens with two attached hydrogens (primary N) is 1. The molecule has 4 N–H and O–H groups in total. The van der Waals surface area contributed by atoms with Crippen LogP contribution in [0.3, 0.4) is 0 Å². The molecule has 0 radical (unpaired) electrons. The molecule has 8 heteroatoms. The molecule has 1 unspecified atom stereocenters. The minimum atomic E-state index is -0.306. The van der Waals surface area contributed by atoms with Crippen molar-refractivity contribution >= 4 is 34.7 Å². The highest BCUT2D eigenvalue weighted by molar-refractivity contribution is 7.94. The van der Waals surface area contributed by atoms with Crippen LogP contribution in [0.1, 0.15) is 31.4 Å². The van der Waals surface area contributed by atoms with Crippen molar-refractivity contribution in [1.82, 2.24) is 19.8 Å². The van der Waals surface area contributed by atoms with E-state index in [1.54, 1.807) is 0 Å². The predicted octanol–water partition coefficient (Wildman–Crippen LogP) is 2.05. The second-order valence-corrected chi connectivity index (χ2v) is 8.63. The van der Waals surface area contributed by atoms with Crippen molar-refractivity contribution in [3.63, 3.8) is 0 Å². The second kappa shape index (κ2) is 11.9. The SMILES string of the molecule is C#CCNC(=O)CNC(=O)CN(SN)C1CCN(C(C)c2cccc3ccccc23)CC1. The van der Waals surface area contributed by atoms with Gasteiger partial charge in [0, 0.05) is 37.3 Å². The van der Waals surface area contributed by atoms with Crippen molar-refractivity contribution in [3.05, 3.63) is 48.0 Å². The Balaban J connectivity index is 1.52. The first-order chi connectivity index (χ1) is 15.5. The van der Waals surface area contributed by atoms with E-state index in [0.717, 1.165) is 38.1 Å². The molecule has 7 nitrogen and oxygen atoms in total. The minimum Gasteiger partial charge on any atom is -0.346 e. The molecule has 1 atom stereocenters. The van der Waals surface area contributed by atoms with Crippen molar-refractivity contribution < 1.29 is 9.59 Å². The largest absolute Gasteiger partial charge is 0.346 e. The Hall–Kier alpha value is -2.57. The van der Waals surface area contributed by atoms with E-state index in [4.69, 9.17) is 11.6 Å². The summed E-state index contributed by atoms with van der Waals surface area (Å²) in [6.45, 7) is 4.33. The van der Waals surface area contributed by atoms with Gasteiger partial charge in [-0.2, -0.15) is 0 Å². The molecule has 2 aromatic rings. The zero-order chi connectivity index (χ0) is 22.9. The summed E-state index contributed by atoms with van der Waals surface area (Å²) in [5.74, 6) is 1.79. The smallest absolute Gasteiger partial charge is 0.240 e. The summed E-state index contributed by atoms with van der Waals surface area (Å²) >= 11 is 1.09. The molecule has 170 valence electrons. The Morgan fingerprint density at radius 1 is 1.19 bits per heavy atom. The van der Waals surface area contributed by atoms with Gasteiger partial charge in [0.15, 0.2) is 0 Å². The summed E-state index contributed by atoms with van der Waals surface area (Å²) in [4.78, 5) is 26.3. The van der Waals surface area contributed by atoms with Crippen LogP contribution in [0.5, 0.6) is 0 Å². The third kappa shape index (κ3) is 6.24. The topological polar surface area (TPSA) is 90.7 Å². The van der Waals surface area contributed by atoms with Crippen molar-refractivity contribution in [3.8, 4) is 12.3 Å². The summed E-state index contributed by atoms with van der Waals surface area (Å²) in [6.07, 6.45) is 6.96. The predicted molar refractivity (Wildman–Crippen MR) is 130 cm³/mol. The zero-order valence-corrected chi connectivity index (χ0v) is 19.2. The van der Waals surface area contributed by atoms with Gasteiger partial charge in [-0.1, -0.05) is 48.4 Å². The van der Waals surface area contributed by atoms with E-state index in [0.29, 0.717) is 6.04 Å². The van der Waals surface area contributed by atoms with E-state index in [-0.39, 0.29) is 37.5 Å². The molecule has 32 heavy (non-hydrogen) atoms. The van der Waals surface area contributed by atoms with Crippen LogP contribution in [-0.2, 0) is 9.59 Å². The van der Waals surface area contributed by atoms with Gasteiger partial charge < -0.3 is 10.6 Å². The number of fused-ring (bicyclic) bond motifs is 1. The Bertz CT molecular complexity index is 963. The molecule has 1 aliphatic heterocycles. The normalized spacial score (nSPS) is 15.9. The monoisotopic (exact) mass is 453 g/mol. The number of carbonyl (C=O) groups excluding carboxylic acids is 2. The first-order valence-electron chi connectivity index (χ1n) is 10.9. The van der Waals surface area contributed by atoms with Crippen molar-refractivity contribution in [2.75, 3.05) is 32.7 Å². The molecule has 0 saturated carbocycles. The highest BCUT2D eigenvalue weighted by atomic mass is 32.2. The van der Waals surface area contributed by atoms with Crippen LogP contribution in [0.25, 0.3) is 10.8 Å². The number of nitrogens with zero attached hydrogens (tertiary/aromatic N) is 2. The minimum absolute atomic E-state index is 0.0927. The number of terminal acetylenes is 1. The van der Waals surface area contributed by atoms with Crippen LogP contribution in [-0.4, -0.2) is 59.8 Å². The first-order valence-corrected chi connectivity index (χ1v) is 11.7. The van der Waals surface area contributed by atoms with Gasteiger partial charge >= 0.3 is 0 Å². The molecule has 0 spiro atoms. The van der Waals surface area contributed by atoms with Gasteiger partial charge in [0.25, 0.3) is 0 Å². The van der Waals surface area contributed by atoms with Gasteiger partial charge in [-0.15, -0.1) is 6.42 Å². The highest BCUT2D eigenvalue weighted by Gasteiger charge is 2.29. The summed E-state index contributed by atoms with van der Waals surface area (Å²) < 4.78 is 1.91. The van der Waals surface area contributed by atoms with Gasteiger partial charge in [-0.25, -0.2) is 4.31 Å². The first kappa shape index (κ1) is 24.1. The lowest BCUT2D eigenvalue weighted by Gasteiger charge is -2.39. The van der Waals surface area contributed by atoms with Crippen molar-refractivity contribution in [2.24, 2.45) is 5.14 Å². The van der Waals surface area contributed by atoms with Crippen LogP contribution in [0.4, 0.5) is 0 Å². The highest BCUT2D eigenvalue weighted by Crippen LogP contribution is 2.31. The lowest BCUT2D eigenvalue weighted by molar-refractivity contribution is -0.126. The van der Waals surface area contributed by atoms with Crippen LogP contribution >= 0.6 is 12.1 Å². The van der Waals surface area contributed by atoms with E-state index in [1.807, 2.05) is 4.31 Å². The lowest BCUT2D eigenvalue weighted by Crippen LogP contribution is -2.47. The van der Waals surface area contributed by atoms with Gasteiger partial charge in [-0.05, 0) is 36.1 Å². The number of nitrogens with one attached hydrogen (secondary N) is 2. The molecule has 3 rings (SSSR count). The number of hydrogen-bond acceptors (Lipinski definition) is 6. The maximum atomic E-state index is 12.3. The van der Waals surface area contributed by atoms with Gasteiger partial charge in [-0.3, -0.25) is 19.6 Å². The van der Waals surface area contributed by atoms with Crippen LogP contribution in [0, 0.1) is 12.3 Å². The fourth-order valence-electron chi connectivity index (χ4n) is 4.21. The average molecular weight is 454 g/mol.